The van der Waals surface area contributed by atoms with Crippen molar-refractivity contribution < 1.29 is 30.5 Å². The Morgan fingerprint density at radius 2 is 1.57 bits per heavy atom. The van der Waals surface area contributed by atoms with Gasteiger partial charge in [-0.3, -0.25) is 4.55 Å². The summed E-state index contributed by atoms with van der Waals surface area (Å²) in [5.41, 5.74) is 0. The van der Waals surface area contributed by atoms with Gasteiger partial charge in [-0.05, 0) is 0 Å². The number of rotatable bonds is 2. The van der Waals surface area contributed by atoms with E-state index in [2.05, 4.69) is 4.18 Å². The van der Waals surface area contributed by atoms with Gasteiger partial charge in [-0.1, -0.05) is 0 Å². The van der Waals surface area contributed by atoms with E-state index in [1.807, 2.05) is 0 Å². The molecule has 0 aliphatic rings. The van der Waals surface area contributed by atoms with Crippen LogP contribution in [0.25, 0.3) is 0 Å². The largest absolute Gasteiger partial charge is 0.374 e. The second-order valence-electron chi connectivity index (χ2n) is 2.10. The molecule has 78 valence electrons. The fourth-order valence-corrected chi connectivity index (χ4v) is 0.985. The molecule has 1 aromatic rings. The number of benzene rings is 1. The summed E-state index contributed by atoms with van der Waals surface area (Å²) >= 11 is -3.07. The second-order valence-corrected chi connectivity index (χ2v) is 2.70. The first-order valence-corrected chi connectivity index (χ1v) is 4.09. The van der Waals surface area contributed by atoms with Crippen LogP contribution in [0.1, 0.15) is 0 Å². The Morgan fingerprint density at radius 3 is 1.93 bits per heavy atom. The molecule has 0 heterocycles. The van der Waals surface area contributed by atoms with Gasteiger partial charge in [0.15, 0.2) is 11.6 Å². The van der Waals surface area contributed by atoms with Gasteiger partial charge in [0.05, 0.1) is 0 Å². The molecule has 0 saturated carbocycles. The maximum absolute atomic E-state index is 12.7. The van der Waals surface area contributed by atoms with E-state index in [-0.39, 0.29) is 6.07 Å². The molecule has 3 nitrogen and oxygen atoms in total. The van der Waals surface area contributed by atoms with Crippen LogP contribution in [0.4, 0.5) is 17.6 Å². The highest BCUT2D eigenvalue weighted by Crippen LogP contribution is 2.26. The molecule has 0 aliphatic carbocycles. The van der Waals surface area contributed by atoms with Crippen molar-refractivity contribution in [3.8, 4) is 5.75 Å². The first kappa shape index (κ1) is 10.9. The number of hydrogen-bond acceptors (Lipinski definition) is 2. The van der Waals surface area contributed by atoms with Crippen molar-refractivity contribution in [1.29, 1.82) is 0 Å². The van der Waals surface area contributed by atoms with E-state index in [1.165, 1.54) is 0 Å². The molecule has 0 spiro atoms. The van der Waals surface area contributed by atoms with Crippen LogP contribution in [0.5, 0.6) is 5.75 Å². The second kappa shape index (κ2) is 3.93. The molecule has 14 heavy (non-hydrogen) atoms. The highest BCUT2D eigenvalue weighted by Gasteiger charge is 2.22. The summed E-state index contributed by atoms with van der Waals surface area (Å²) < 4.78 is 71.9. The maximum atomic E-state index is 12.7. The fourth-order valence-electron chi connectivity index (χ4n) is 0.696. The molecule has 0 fully saturated rings. The molecule has 1 rings (SSSR count). The molecule has 1 atom stereocenters. The number of halogens is 4. The van der Waals surface area contributed by atoms with Gasteiger partial charge in [0.25, 0.3) is 0 Å². The van der Waals surface area contributed by atoms with Crippen LogP contribution < -0.4 is 4.18 Å². The van der Waals surface area contributed by atoms with Gasteiger partial charge in [-0.25, -0.2) is 8.78 Å². The van der Waals surface area contributed by atoms with Gasteiger partial charge in [0, 0.05) is 6.07 Å². The molecule has 0 saturated heterocycles. The first-order valence-electron chi connectivity index (χ1n) is 3.05. The SMILES string of the molecule is O=S(O)Oc1c(F)c(F)cc(F)c1F. The molecule has 1 aromatic carbocycles. The van der Waals surface area contributed by atoms with E-state index in [9.17, 15) is 21.8 Å². The maximum Gasteiger partial charge on any atom is 0.357 e. The van der Waals surface area contributed by atoms with Gasteiger partial charge < -0.3 is 4.18 Å². The summed E-state index contributed by atoms with van der Waals surface area (Å²) in [7, 11) is 0. The summed E-state index contributed by atoms with van der Waals surface area (Å²) in [5.74, 6) is -8.74. The van der Waals surface area contributed by atoms with Crippen LogP contribution in [0, 0.1) is 23.3 Å². The van der Waals surface area contributed by atoms with Gasteiger partial charge in [-0.2, -0.15) is 13.0 Å². The van der Waals surface area contributed by atoms with Crippen LogP contribution in [-0.2, 0) is 11.4 Å². The average Bonchev–Trinajstić information content (AvgIpc) is 2.09. The summed E-state index contributed by atoms with van der Waals surface area (Å²) in [5, 5.41) is 0. The Kier molecular flexibility index (Phi) is 3.06. The smallest absolute Gasteiger partial charge is 0.357 e. The normalized spacial score (nSPS) is 12.6. The Bertz CT molecular complexity index is 369. The zero-order valence-electron chi connectivity index (χ0n) is 6.26. The average molecular weight is 230 g/mol. The van der Waals surface area contributed by atoms with Gasteiger partial charge in [0.2, 0.25) is 17.4 Å². The zero-order chi connectivity index (χ0) is 10.9. The highest BCUT2D eigenvalue weighted by atomic mass is 32.2. The van der Waals surface area contributed by atoms with Crippen molar-refractivity contribution in [2.75, 3.05) is 0 Å². The third-order valence-electron chi connectivity index (χ3n) is 1.23. The van der Waals surface area contributed by atoms with E-state index in [0.29, 0.717) is 0 Å². The van der Waals surface area contributed by atoms with Gasteiger partial charge in [-0.15, -0.1) is 0 Å². The number of hydrogen-bond donors (Lipinski definition) is 1. The molecule has 1 N–H and O–H groups in total. The van der Waals surface area contributed by atoms with E-state index < -0.39 is 40.4 Å². The fraction of sp³-hybridized carbons (Fsp3) is 0. The third kappa shape index (κ3) is 2.02. The highest BCUT2D eigenvalue weighted by molar-refractivity contribution is 7.74. The van der Waals surface area contributed by atoms with Crippen LogP contribution in [-0.4, -0.2) is 8.76 Å². The quantitative estimate of drug-likeness (QED) is 0.478. The topological polar surface area (TPSA) is 46.5 Å². The molecule has 8 heteroatoms. The lowest BCUT2D eigenvalue weighted by atomic mass is 10.3. The van der Waals surface area contributed by atoms with Crippen molar-refractivity contribution in [3.05, 3.63) is 29.3 Å². The van der Waals surface area contributed by atoms with Crippen LogP contribution in [0.3, 0.4) is 0 Å². The minimum Gasteiger partial charge on any atom is -0.374 e. The summed E-state index contributed by atoms with van der Waals surface area (Å²) in [6.07, 6.45) is 0. The van der Waals surface area contributed by atoms with Gasteiger partial charge >= 0.3 is 11.4 Å². The Hall–Kier alpha value is -1.15. The Balaban J connectivity index is 3.31. The predicted octanol–water partition coefficient (Wildman–Crippen LogP) is 1.76. The molecule has 0 aliphatic heterocycles. The molecule has 0 amide bonds. The minimum absolute atomic E-state index is 0.0438. The summed E-state index contributed by atoms with van der Waals surface area (Å²) in [6, 6.07) is -0.0438. The molecular weight excluding hydrogens is 228 g/mol. The predicted molar refractivity (Wildman–Crippen MR) is 37.7 cm³/mol. The van der Waals surface area contributed by atoms with Crippen molar-refractivity contribution in [2.24, 2.45) is 0 Å². The lowest BCUT2D eigenvalue weighted by molar-refractivity contribution is 0.381. The van der Waals surface area contributed by atoms with Crippen LogP contribution >= 0.6 is 0 Å². The van der Waals surface area contributed by atoms with E-state index in [1.54, 1.807) is 0 Å². The molecule has 1 unspecified atom stereocenters. The van der Waals surface area contributed by atoms with Gasteiger partial charge in [0.1, 0.15) is 0 Å². The lowest BCUT2D eigenvalue weighted by Gasteiger charge is -2.04. The monoisotopic (exact) mass is 230 g/mol. The Morgan fingerprint density at radius 1 is 1.14 bits per heavy atom. The van der Waals surface area contributed by atoms with Crippen molar-refractivity contribution >= 4 is 11.4 Å². The van der Waals surface area contributed by atoms with E-state index in [0.717, 1.165) is 0 Å². The first-order chi connectivity index (χ1) is 6.43. The van der Waals surface area contributed by atoms with Crippen LogP contribution in [0.2, 0.25) is 0 Å². The van der Waals surface area contributed by atoms with Crippen LogP contribution in [0.15, 0.2) is 6.07 Å². The molecule has 0 bridgehead atoms. The van der Waals surface area contributed by atoms with Crippen molar-refractivity contribution in [2.45, 2.75) is 0 Å². The van der Waals surface area contributed by atoms with E-state index >= 15 is 0 Å². The minimum atomic E-state index is -3.07. The summed E-state index contributed by atoms with van der Waals surface area (Å²) in [4.78, 5) is 0. The van der Waals surface area contributed by atoms with Crippen molar-refractivity contribution in [1.82, 2.24) is 0 Å². The third-order valence-corrected chi connectivity index (χ3v) is 1.54. The van der Waals surface area contributed by atoms with E-state index in [4.69, 9.17) is 4.55 Å². The molecular formula is C6H2F4O3S. The molecule has 0 radical (unpaired) electrons. The Labute approximate surface area is 77.8 Å². The summed E-state index contributed by atoms with van der Waals surface area (Å²) in [6.45, 7) is 0. The molecule has 0 aromatic heterocycles. The zero-order valence-corrected chi connectivity index (χ0v) is 7.08. The lowest BCUT2D eigenvalue weighted by Crippen LogP contribution is -2.05. The van der Waals surface area contributed by atoms with Crippen molar-refractivity contribution in [3.63, 3.8) is 0 Å². The standard InChI is InChI=1S/C6H2F4O3S/c7-2-1-3(8)5(10)6(4(2)9)13-14(11)12/h1H,(H,11,12).